The van der Waals surface area contributed by atoms with E-state index in [1.54, 1.807) is 12.1 Å². The van der Waals surface area contributed by atoms with Crippen LogP contribution in [0.5, 0.6) is 0 Å². The molecule has 0 saturated heterocycles. The fourth-order valence-corrected chi connectivity index (χ4v) is 14.9. The van der Waals surface area contributed by atoms with Crippen molar-refractivity contribution in [3.63, 3.8) is 0 Å². The summed E-state index contributed by atoms with van der Waals surface area (Å²) in [6.07, 6.45) is 0. The third-order valence-electron chi connectivity index (χ3n) is 20.3. The molecule has 20 rings (SSSR count). The quantitative estimate of drug-likeness (QED) is 0.0944. The predicted molar refractivity (Wildman–Crippen MR) is 444 cm³/mol. The fourth-order valence-electron chi connectivity index (χ4n) is 14.9. The molecule has 0 amide bonds. The summed E-state index contributed by atoms with van der Waals surface area (Å²) in [6.45, 7) is 0. The molecular weight excluding hydrogens is 1410 g/mol. The van der Waals surface area contributed by atoms with Crippen LogP contribution in [0.25, 0.3) is 203 Å². The van der Waals surface area contributed by atoms with E-state index in [4.69, 9.17) is 59.8 Å². The summed E-state index contributed by atoms with van der Waals surface area (Å²) in [5.41, 5.74) is 12.2. The van der Waals surface area contributed by atoms with Crippen LogP contribution in [-0.2, 0) is 0 Å². The zero-order valence-electron chi connectivity index (χ0n) is 60.4. The molecule has 0 fully saturated rings. The van der Waals surface area contributed by atoms with Gasteiger partial charge in [0, 0.05) is 93.9 Å². The van der Waals surface area contributed by atoms with Crippen LogP contribution in [0, 0.1) is 23.0 Å². The molecule has 0 saturated carbocycles. The van der Waals surface area contributed by atoms with Crippen molar-refractivity contribution in [3.8, 4) is 165 Å². The maximum absolute atomic E-state index is 17.6. The van der Waals surface area contributed by atoms with Crippen LogP contribution >= 0.6 is 0 Å². The van der Waals surface area contributed by atoms with Gasteiger partial charge in [-0.25, -0.2) is 68.6 Å². The Kier molecular flexibility index (Phi) is 16.9. The second kappa shape index (κ2) is 28.6. The Morgan fingerprint density at radius 2 is 0.421 bits per heavy atom. The molecule has 20 aromatic rings. The summed E-state index contributed by atoms with van der Waals surface area (Å²) in [4.78, 5) is 61.4. The molecule has 534 valence electrons. The third-order valence-corrected chi connectivity index (χ3v) is 20.3. The number of halogens is 2. The van der Waals surface area contributed by atoms with Gasteiger partial charge in [-0.2, -0.15) is 5.26 Å². The van der Waals surface area contributed by atoms with Gasteiger partial charge in [0.05, 0.1) is 44.6 Å². The average molecular weight is 1470 g/mol. The highest BCUT2D eigenvalue weighted by molar-refractivity contribution is 6.14. The van der Waals surface area contributed by atoms with Crippen molar-refractivity contribution in [1.29, 1.82) is 5.26 Å². The van der Waals surface area contributed by atoms with Gasteiger partial charge in [-0.05, 0) is 97.1 Å². The van der Waals surface area contributed by atoms with Gasteiger partial charge >= 0.3 is 0 Å². The Morgan fingerprint density at radius 1 is 0.211 bits per heavy atom. The van der Waals surface area contributed by atoms with E-state index in [0.29, 0.717) is 136 Å². The number of rotatable bonds is 15. The number of nitrogens with zero attached hydrogens (tertiary/aromatic N) is 15. The van der Waals surface area contributed by atoms with E-state index in [1.165, 1.54) is 18.2 Å². The van der Waals surface area contributed by atoms with Gasteiger partial charge in [0.2, 0.25) is 0 Å². The molecule has 114 heavy (non-hydrogen) atoms. The summed E-state index contributed by atoms with van der Waals surface area (Å²) in [7, 11) is 0. The summed E-state index contributed by atoms with van der Waals surface area (Å²) in [6, 6.07) is 112. The molecule has 0 N–H and O–H groups in total. The van der Waals surface area contributed by atoms with E-state index < -0.39 is 11.6 Å². The molecule has 0 unspecified atom stereocenters. The highest BCUT2D eigenvalue weighted by atomic mass is 19.1. The second-order valence-electron chi connectivity index (χ2n) is 27.3. The molecule has 0 radical (unpaired) electrons. The zero-order chi connectivity index (χ0) is 76.2. The molecule has 0 atom stereocenters. The van der Waals surface area contributed by atoms with Crippen molar-refractivity contribution in [1.82, 2.24) is 68.9 Å². The van der Waals surface area contributed by atoms with Crippen LogP contribution in [0.4, 0.5) is 8.78 Å². The average Bonchev–Trinajstić information content (AvgIpc) is 1.55. The lowest BCUT2D eigenvalue weighted by molar-refractivity contribution is 0.589. The highest BCUT2D eigenvalue weighted by Crippen LogP contribution is 2.46. The first-order chi connectivity index (χ1) is 56.2. The summed E-state index contributed by atoms with van der Waals surface area (Å²) < 4.78 is 39.2. The number of hydrogen-bond acceptors (Lipinski definition) is 13. The number of nitriles is 1. The first-order valence-electron chi connectivity index (χ1n) is 36.9. The highest BCUT2D eigenvalue weighted by Gasteiger charge is 2.28. The largest absolute Gasteiger partial charge is 0.309 e. The van der Waals surface area contributed by atoms with Crippen LogP contribution in [0.1, 0.15) is 5.56 Å². The zero-order valence-corrected chi connectivity index (χ0v) is 60.4. The van der Waals surface area contributed by atoms with Crippen molar-refractivity contribution < 1.29 is 8.78 Å². The minimum absolute atomic E-state index is 0.142. The first kappa shape index (κ1) is 67.4. The van der Waals surface area contributed by atoms with E-state index >= 15 is 8.78 Å². The first-order valence-corrected chi connectivity index (χ1v) is 36.9. The number of hydrogen-bond donors (Lipinski definition) is 0. The van der Waals surface area contributed by atoms with Gasteiger partial charge in [0.15, 0.2) is 69.9 Å². The van der Waals surface area contributed by atoms with E-state index in [-0.39, 0.29) is 16.7 Å². The lowest BCUT2D eigenvalue weighted by Crippen LogP contribution is -2.05. The van der Waals surface area contributed by atoms with Crippen molar-refractivity contribution in [2.75, 3.05) is 0 Å². The maximum Gasteiger partial charge on any atom is 0.164 e. The van der Waals surface area contributed by atoms with Crippen LogP contribution in [-0.4, -0.2) is 68.9 Å². The standard InChI is InChI=1S/C97H57F2N15/c98-77-42-25-43-78(99)85(77)76-57-83(113-79-48-44-67(94-105-86(59-26-9-1-10-27-59)101-87(106-94)60-28-11-2-12-29-60)52-72(79)73-53-68(45-49-80(73)113)95-107-88(61-30-13-3-14-31-61)102-89(108-95)62-32-15-4-16-33-62)71(58-100)56-84(76)114-81-50-46-69(96-109-90(63-34-17-5-18-35-63)103-91(110-96)64-36-19-6-20-37-64)54-74(81)75-55-70(47-51-82(75)114)97-111-92(65-38-21-7-22-39-65)104-93(112-97)66-40-23-8-24-41-66/h1-57H. The van der Waals surface area contributed by atoms with E-state index in [2.05, 4.69) is 6.07 Å². The smallest absolute Gasteiger partial charge is 0.164 e. The molecule has 6 aromatic heterocycles. The van der Waals surface area contributed by atoms with E-state index in [0.717, 1.165) is 55.3 Å². The second-order valence-corrected chi connectivity index (χ2v) is 27.3. The van der Waals surface area contributed by atoms with Crippen LogP contribution in [0.3, 0.4) is 0 Å². The lowest BCUT2D eigenvalue weighted by atomic mass is 9.98. The van der Waals surface area contributed by atoms with Gasteiger partial charge in [0.25, 0.3) is 0 Å². The minimum Gasteiger partial charge on any atom is -0.309 e. The fraction of sp³-hybridized carbons (Fsp3) is 0. The Labute approximate surface area is 651 Å². The summed E-state index contributed by atoms with van der Waals surface area (Å²) in [5.74, 6) is 3.79. The van der Waals surface area contributed by atoms with Gasteiger partial charge in [0.1, 0.15) is 17.7 Å². The van der Waals surface area contributed by atoms with Gasteiger partial charge < -0.3 is 9.13 Å². The topological polar surface area (TPSA) is 188 Å². The third kappa shape index (κ3) is 12.5. The molecule has 6 heterocycles. The molecule has 0 aliphatic heterocycles. The van der Waals surface area contributed by atoms with Crippen molar-refractivity contribution in [2.24, 2.45) is 0 Å². The molecule has 15 nitrogen and oxygen atoms in total. The summed E-state index contributed by atoms with van der Waals surface area (Å²) >= 11 is 0. The SMILES string of the molecule is N#Cc1cc(-n2c3ccc(-c4nc(-c5ccccc5)nc(-c5ccccc5)n4)cc3c3cc(-c4nc(-c5ccccc5)nc(-c5ccccc5)n4)ccc32)c(-c2c(F)cccc2F)cc1-n1c2ccc(-c3nc(-c4ccccc4)nc(-c4ccccc4)n3)cc2c2cc(-c3nc(-c4ccccc4)nc(-c4ccccc4)n3)ccc21. The Hall–Kier alpha value is -15.9. The van der Waals surface area contributed by atoms with Crippen LogP contribution in [0.15, 0.2) is 346 Å². The molecule has 14 aromatic carbocycles. The van der Waals surface area contributed by atoms with Crippen LogP contribution in [0.2, 0.25) is 0 Å². The van der Waals surface area contributed by atoms with Gasteiger partial charge in [-0.3, -0.25) is 0 Å². The number of benzene rings is 14. The lowest BCUT2D eigenvalue weighted by Gasteiger charge is -2.19. The Balaban J connectivity index is 0.839. The molecule has 0 bridgehead atoms. The molecule has 0 aliphatic carbocycles. The monoisotopic (exact) mass is 1470 g/mol. The van der Waals surface area contributed by atoms with Crippen molar-refractivity contribution in [3.05, 3.63) is 363 Å². The molecule has 0 aliphatic rings. The molecular formula is C97H57F2N15. The Bertz CT molecular complexity index is 6560. The summed E-state index contributed by atoms with van der Waals surface area (Å²) in [5, 5.41) is 15.0. The van der Waals surface area contributed by atoms with E-state index in [9.17, 15) is 5.26 Å². The Morgan fingerprint density at radius 3 is 0.640 bits per heavy atom. The number of fused-ring (bicyclic) bond motifs is 6. The van der Waals surface area contributed by atoms with Crippen molar-refractivity contribution >= 4 is 43.6 Å². The van der Waals surface area contributed by atoms with Gasteiger partial charge in [-0.1, -0.05) is 249 Å². The predicted octanol–water partition coefficient (Wildman–Crippen LogP) is 22.4. The van der Waals surface area contributed by atoms with Crippen LogP contribution < -0.4 is 0 Å². The molecule has 17 heteroatoms. The van der Waals surface area contributed by atoms with Crippen molar-refractivity contribution in [2.45, 2.75) is 0 Å². The molecule has 0 spiro atoms. The normalized spacial score (nSPS) is 11.4. The maximum atomic E-state index is 17.6. The van der Waals surface area contributed by atoms with Gasteiger partial charge in [-0.15, -0.1) is 0 Å². The van der Waals surface area contributed by atoms with E-state index in [1.807, 2.05) is 325 Å². The number of aromatic nitrogens is 14. The minimum atomic E-state index is -0.825.